The van der Waals surface area contributed by atoms with Gasteiger partial charge in [-0.05, 0) is 58.0 Å². The van der Waals surface area contributed by atoms with E-state index in [1.54, 1.807) is 0 Å². The zero-order valence-electron chi connectivity index (χ0n) is 14.6. The first-order chi connectivity index (χ1) is 9.92. The standard InChI is InChI=1S/C17H34N2O2/c1-6-18-17(5,16(20)21-7-2)10-8-9-11-19-12-14(3)15(4)13-19/h14-15,18H,6-13H2,1-5H3. The third-order valence-electron chi connectivity index (χ3n) is 4.76. The quantitative estimate of drug-likeness (QED) is 0.525. The van der Waals surface area contributed by atoms with Gasteiger partial charge in [0.1, 0.15) is 5.54 Å². The number of nitrogens with zero attached hydrogens (tertiary/aromatic N) is 1. The van der Waals surface area contributed by atoms with Gasteiger partial charge in [-0.15, -0.1) is 0 Å². The Hall–Kier alpha value is -0.610. The van der Waals surface area contributed by atoms with E-state index in [0.29, 0.717) is 6.61 Å². The fourth-order valence-corrected chi connectivity index (χ4v) is 3.19. The van der Waals surface area contributed by atoms with Gasteiger partial charge in [-0.3, -0.25) is 4.79 Å². The number of likely N-dealkylation sites (tertiary alicyclic amines) is 1. The van der Waals surface area contributed by atoms with Crippen molar-refractivity contribution in [3.63, 3.8) is 0 Å². The Morgan fingerprint density at radius 2 is 1.86 bits per heavy atom. The van der Waals surface area contributed by atoms with Crippen LogP contribution in [0.2, 0.25) is 0 Å². The average Bonchev–Trinajstić information content (AvgIpc) is 2.74. The van der Waals surface area contributed by atoms with Crippen molar-refractivity contribution in [2.24, 2.45) is 11.8 Å². The SMILES string of the molecule is CCNC(C)(CCCCN1CC(C)C(C)C1)C(=O)OCC. The molecule has 1 fully saturated rings. The molecule has 1 aliphatic heterocycles. The highest BCUT2D eigenvalue weighted by atomic mass is 16.5. The van der Waals surface area contributed by atoms with Crippen LogP contribution < -0.4 is 5.32 Å². The molecule has 3 unspecified atom stereocenters. The van der Waals surface area contributed by atoms with Crippen molar-refractivity contribution in [2.75, 3.05) is 32.8 Å². The predicted molar refractivity (Wildman–Crippen MR) is 87.3 cm³/mol. The molecule has 0 aromatic heterocycles. The zero-order chi connectivity index (χ0) is 15.9. The highest BCUT2D eigenvalue weighted by Gasteiger charge is 2.33. The van der Waals surface area contributed by atoms with Crippen LogP contribution in [0.3, 0.4) is 0 Å². The number of rotatable bonds is 9. The molecule has 21 heavy (non-hydrogen) atoms. The maximum Gasteiger partial charge on any atom is 0.326 e. The third-order valence-corrected chi connectivity index (χ3v) is 4.76. The molecule has 0 aromatic carbocycles. The fraction of sp³-hybridized carbons (Fsp3) is 0.941. The molecule has 0 aromatic rings. The average molecular weight is 298 g/mol. The second kappa shape index (κ2) is 8.74. The van der Waals surface area contributed by atoms with Gasteiger partial charge in [0.25, 0.3) is 0 Å². The van der Waals surface area contributed by atoms with Crippen LogP contribution >= 0.6 is 0 Å². The van der Waals surface area contributed by atoms with Gasteiger partial charge >= 0.3 is 5.97 Å². The number of unbranched alkanes of at least 4 members (excludes halogenated alkanes) is 1. The van der Waals surface area contributed by atoms with Crippen molar-refractivity contribution in [2.45, 2.75) is 59.4 Å². The molecule has 0 amide bonds. The van der Waals surface area contributed by atoms with Gasteiger partial charge in [0.2, 0.25) is 0 Å². The van der Waals surface area contributed by atoms with E-state index in [4.69, 9.17) is 4.74 Å². The van der Waals surface area contributed by atoms with Crippen LogP contribution in [-0.2, 0) is 9.53 Å². The minimum absolute atomic E-state index is 0.115. The Morgan fingerprint density at radius 1 is 1.24 bits per heavy atom. The maximum absolute atomic E-state index is 12.1. The lowest BCUT2D eigenvalue weighted by Gasteiger charge is -2.28. The first-order valence-electron chi connectivity index (χ1n) is 8.57. The van der Waals surface area contributed by atoms with E-state index in [1.165, 1.54) is 13.1 Å². The van der Waals surface area contributed by atoms with Crippen LogP contribution in [-0.4, -0.2) is 49.2 Å². The van der Waals surface area contributed by atoms with Gasteiger partial charge < -0.3 is 15.0 Å². The Morgan fingerprint density at radius 3 is 2.38 bits per heavy atom. The first kappa shape index (κ1) is 18.4. The summed E-state index contributed by atoms with van der Waals surface area (Å²) in [7, 11) is 0. The fourth-order valence-electron chi connectivity index (χ4n) is 3.19. The number of hydrogen-bond donors (Lipinski definition) is 1. The summed E-state index contributed by atoms with van der Waals surface area (Å²) >= 11 is 0. The summed E-state index contributed by atoms with van der Waals surface area (Å²) in [6.07, 6.45) is 3.06. The third kappa shape index (κ3) is 5.59. The Balaban J connectivity index is 2.32. The molecule has 1 rings (SSSR count). The topological polar surface area (TPSA) is 41.6 Å². The molecule has 1 saturated heterocycles. The highest BCUT2D eigenvalue weighted by Crippen LogP contribution is 2.23. The maximum atomic E-state index is 12.1. The number of esters is 1. The first-order valence-corrected chi connectivity index (χ1v) is 8.57. The molecule has 0 spiro atoms. The summed E-state index contributed by atoms with van der Waals surface area (Å²) in [6, 6.07) is 0. The van der Waals surface area contributed by atoms with Crippen LogP contribution in [0, 0.1) is 11.8 Å². The summed E-state index contributed by atoms with van der Waals surface area (Å²) in [4.78, 5) is 14.7. The van der Waals surface area contributed by atoms with Crippen LogP contribution in [0.25, 0.3) is 0 Å². The van der Waals surface area contributed by atoms with Crippen LogP contribution in [0.15, 0.2) is 0 Å². The van der Waals surface area contributed by atoms with E-state index in [9.17, 15) is 4.79 Å². The van der Waals surface area contributed by atoms with E-state index in [-0.39, 0.29) is 5.97 Å². The number of carbonyl (C=O) groups is 1. The largest absolute Gasteiger partial charge is 0.465 e. The lowest BCUT2D eigenvalue weighted by Crippen LogP contribution is -2.50. The van der Waals surface area contributed by atoms with Gasteiger partial charge in [-0.25, -0.2) is 0 Å². The van der Waals surface area contributed by atoms with Gasteiger partial charge in [0, 0.05) is 13.1 Å². The van der Waals surface area contributed by atoms with E-state index in [0.717, 1.165) is 44.2 Å². The van der Waals surface area contributed by atoms with E-state index >= 15 is 0 Å². The zero-order valence-corrected chi connectivity index (χ0v) is 14.6. The summed E-state index contributed by atoms with van der Waals surface area (Å²) < 4.78 is 5.21. The van der Waals surface area contributed by atoms with Crippen molar-refractivity contribution in [3.8, 4) is 0 Å². The summed E-state index contributed by atoms with van der Waals surface area (Å²) in [6.45, 7) is 15.4. The molecule has 124 valence electrons. The smallest absolute Gasteiger partial charge is 0.326 e. The minimum Gasteiger partial charge on any atom is -0.465 e. The summed E-state index contributed by atoms with van der Waals surface area (Å²) in [5, 5.41) is 3.30. The lowest BCUT2D eigenvalue weighted by molar-refractivity contribution is -0.150. The number of nitrogens with one attached hydrogen (secondary N) is 1. The molecule has 1 heterocycles. The predicted octanol–water partition coefficient (Wildman–Crippen LogP) is 2.68. The van der Waals surface area contributed by atoms with Crippen LogP contribution in [0.5, 0.6) is 0 Å². The van der Waals surface area contributed by atoms with Crippen molar-refractivity contribution in [1.29, 1.82) is 0 Å². The molecule has 0 bridgehead atoms. The van der Waals surface area contributed by atoms with Gasteiger partial charge in [0.15, 0.2) is 0 Å². The van der Waals surface area contributed by atoms with E-state index in [1.807, 2.05) is 20.8 Å². The Labute approximate surface area is 130 Å². The number of hydrogen-bond acceptors (Lipinski definition) is 4. The molecule has 4 heteroatoms. The van der Waals surface area contributed by atoms with Gasteiger partial charge in [-0.2, -0.15) is 0 Å². The van der Waals surface area contributed by atoms with Crippen molar-refractivity contribution >= 4 is 5.97 Å². The molecule has 3 atom stereocenters. The van der Waals surface area contributed by atoms with Crippen molar-refractivity contribution < 1.29 is 9.53 Å². The molecule has 1 N–H and O–H groups in total. The van der Waals surface area contributed by atoms with E-state index < -0.39 is 5.54 Å². The molecule has 0 radical (unpaired) electrons. The van der Waals surface area contributed by atoms with E-state index in [2.05, 4.69) is 24.1 Å². The Kier molecular flexibility index (Phi) is 7.67. The molecule has 1 aliphatic rings. The minimum atomic E-state index is -0.531. The molecule has 0 aliphatic carbocycles. The molecular weight excluding hydrogens is 264 g/mol. The normalized spacial score (nSPS) is 25.8. The number of carbonyl (C=O) groups excluding carboxylic acids is 1. The van der Waals surface area contributed by atoms with Crippen molar-refractivity contribution in [1.82, 2.24) is 10.2 Å². The molecule has 4 nitrogen and oxygen atoms in total. The van der Waals surface area contributed by atoms with Crippen LogP contribution in [0.1, 0.15) is 53.9 Å². The number of ether oxygens (including phenoxy) is 1. The summed E-state index contributed by atoms with van der Waals surface area (Å²) in [5.74, 6) is 1.52. The second-order valence-electron chi connectivity index (χ2n) is 6.75. The summed E-state index contributed by atoms with van der Waals surface area (Å²) in [5.41, 5.74) is -0.531. The monoisotopic (exact) mass is 298 g/mol. The lowest BCUT2D eigenvalue weighted by atomic mass is 9.94. The molecular formula is C17H34N2O2. The molecule has 0 saturated carbocycles. The van der Waals surface area contributed by atoms with Crippen LogP contribution in [0.4, 0.5) is 0 Å². The van der Waals surface area contributed by atoms with Crippen molar-refractivity contribution in [3.05, 3.63) is 0 Å². The highest BCUT2D eigenvalue weighted by molar-refractivity contribution is 5.80. The van der Waals surface area contributed by atoms with Gasteiger partial charge in [-0.1, -0.05) is 20.8 Å². The van der Waals surface area contributed by atoms with Gasteiger partial charge in [0.05, 0.1) is 6.61 Å². The second-order valence-corrected chi connectivity index (χ2v) is 6.75. The Bertz CT molecular complexity index is 312. The number of likely N-dealkylation sites (N-methyl/N-ethyl adjacent to an activating group) is 1.